The molecule has 0 bridgehead atoms. The van der Waals surface area contributed by atoms with E-state index in [1.807, 2.05) is 6.07 Å². The van der Waals surface area contributed by atoms with Gasteiger partial charge in [0.15, 0.2) is 11.6 Å². The number of hydrogen-bond acceptors (Lipinski definition) is 7. The van der Waals surface area contributed by atoms with Gasteiger partial charge in [-0.1, -0.05) is 29.3 Å². The molecule has 0 saturated heterocycles. The molecule has 0 aliphatic rings. The number of para-hydroxylation sites is 1. The van der Waals surface area contributed by atoms with Gasteiger partial charge in [0.2, 0.25) is 0 Å². The maximum absolute atomic E-state index is 12.4. The summed E-state index contributed by atoms with van der Waals surface area (Å²) in [4.78, 5) is 29.8. The van der Waals surface area contributed by atoms with Crippen LogP contribution in [0.2, 0.25) is 10.2 Å². The Morgan fingerprint density at radius 2 is 1.86 bits per heavy atom. The maximum Gasteiger partial charge on any atom is 0.278 e. The number of carbonyl (C=O) groups excluding carboxylic acids is 1. The van der Waals surface area contributed by atoms with E-state index in [1.54, 1.807) is 19.1 Å². The second-order valence-electron chi connectivity index (χ2n) is 5.65. The number of rotatable bonds is 7. The van der Waals surface area contributed by atoms with E-state index < -0.39 is 5.91 Å². The molecule has 3 aromatic rings. The summed E-state index contributed by atoms with van der Waals surface area (Å²) < 4.78 is 5.58. The van der Waals surface area contributed by atoms with E-state index in [0.29, 0.717) is 40.1 Å². The number of nitrogens with zero attached hydrogens (tertiary/aromatic N) is 3. The van der Waals surface area contributed by atoms with Crippen LogP contribution in [0.1, 0.15) is 17.3 Å². The quantitative estimate of drug-likeness (QED) is 0.423. The van der Waals surface area contributed by atoms with Crippen molar-refractivity contribution >= 4 is 40.5 Å². The van der Waals surface area contributed by atoms with Gasteiger partial charge in [0.1, 0.15) is 5.15 Å². The molecule has 8 nitrogen and oxygen atoms in total. The summed E-state index contributed by atoms with van der Waals surface area (Å²) in [5, 5.41) is 3.81. The van der Waals surface area contributed by atoms with Crippen LogP contribution >= 0.6 is 23.2 Å². The van der Waals surface area contributed by atoms with Crippen LogP contribution < -0.4 is 15.5 Å². The third-order valence-corrected chi connectivity index (χ3v) is 4.18. The zero-order chi connectivity index (χ0) is 20.8. The molecule has 2 N–H and O–H groups in total. The molecule has 0 spiro atoms. The van der Waals surface area contributed by atoms with Crippen molar-refractivity contribution in [1.29, 1.82) is 0 Å². The fraction of sp³-hybridized carbons (Fsp3) is 0.158. The molecule has 150 valence electrons. The summed E-state index contributed by atoms with van der Waals surface area (Å²) in [6.45, 7) is 2.08. The smallest absolute Gasteiger partial charge is 0.278 e. The molecule has 0 aliphatic carbocycles. The fourth-order valence-corrected chi connectivity index (χ4v) is 2.79. The van der Waals surface area contributed by atoms with Gasteiger partial charge in [0, 0.05) is 18.6 Å². The van der Waals surface area contributed by atoms with Crippen molar-refractivity contribution in [2.24, 2.45) is 0 Å². The molecule has 0 radical (unpaired) electrons. The lowest BCUT2D eigenvalue weighted by Gasteiger charge is -2.16. The number of benzene rings is 1. The predicted molar refractivity (Wildman–Crippen MR) is 111 cm³/mol. The van der Waals surface area contributed by atoms with E-state index >= 15 is 0 Å². The second kappa shape index (κ2) is 9.51. The Morgan fingerprint density at radius 1 is 1.10 bits per heavy atom. The van der Waals surface area contributed by atoms with Gasteiger partial charge in [0.05, 0.1) is 41.2 Å². The van der Waals surface area contributed by atoms with Gasteiger partial charge in [-0.25, -0.2) is 20.4 Å². The summed E-state index contributed by atoms with van der Waals surface area (Å²) in [5.74, 6) is 0.463. The maximum atomic E-state index is 12.4. The number of hydrogen-bond donors (Lipinski definition) is 2. The van der Waals surface area contributed by atoms with Gasteiger partial charge in [-0.2, -0.15) is 0 Å². The Balaban J connectivity index is 2.00. The Labute approximate surface area is 177 Å². The summed E-state index contributed by atoms with van der Waals surface area (Å²) in [5.41, 5.74) is 4.24. The number of methoxy groups -OCH3 is 1. The minimum Gasteiger partial charge on any atom is -0.494 e. The number of aromatic nitrogens is 3. The van der Waals surface area contributed by atoms with Crippen LogP contribution in [-0.2, 0) is 4.84 Å². The van der Waals surface area contributed by atoms with Crippen molar-refractivity contribution in [2.75, 3.05) is 19.0 Å². The van der Waals surface area contributed by atoms with E-state index in [4.69, 9.17) is 32.8 Å². The molecule has 0 fully saturated rings. The number of amides is 1. The minimum atomic E-state index is -0.463. The van der Waals surface area contributed by atoms with Crippen LogP contribution in [0.5, 0.6) is 5.75 Å². The number of hydroxylamine groups is 1. The molecular formula is C19H17Cl2N5O3. The lowest BCUT2D eigenvalue weighted by atomic mass is 10.1. The van der Waals surface area contributed by atoms with Crippen LogP contribution in [0.25, 0.3) is 11.4 Å². The second-order valence-corrected chi connectivity index (χ2v) is 6.48. The van der Waals surface area contributed by atoms with Crippen molar-refractivity contribution in [2.45, 2.75) is 6.92 Å². The molecule has 0 unspecified atom stereocenters. The first-order valence-electron chi connectivity index (χ1n) is 8.53. The molecule has 0 saturated carbocycles. The van der Waals surface area contributed by atoms with Crippen molar-refractivity contribution in [3.05, 3.63) is 58.6 Å². The fourth-order valence-electron chi connectivity index (χ4n) is 2.53. The Morgan fingerprint density at radius 3 is 2.55 bits per heavy atom. The highest BCUT2D eigenvalue weighted by atomic mass is 35.5. The molecule has 1 aromatic carbocycles. The molecule has 2 heterocycles. The number of nitrogens with one attached hydrogen (secondary N) is 2. The normalized spacial score (nSPS) is 10.5. The number of ether oxygens (including phenoxy) is 1. The molecule has 2 aromatic heterocycles. The minimum absolute atomic E-state index is 0.219. The van der Waals surface area contributed by atoms with Crippen LogP contribution in [0.3, 0.4) is 0 Å². The van der Waals surface area contributed by atoms with Crippen LogP contribution in [0.4, 0.5) is 11.4 Å². The van der Waals surface area contributed by atoms with Crippen molar-refractivity contribution in [3.63, 3.8) is 0 Å². The Bertz CT molecular complexity index is 1020. The molecule has 0 atom stereocenters. The lowest BCUT2D eigenvalue weighted by molar-refractivity contribution is 0.0365. The first-order chi connectivity index (χ1) is 14.0. The molecule has 10 heteroatoms. The lowest BCUT2D eigenvalue weighted by Crippen LogP contribution is -2.24. The largest absolute Gasteiger partial charge is 0.494 e. The molecule has 29 heavy (non-hydrogen) atoms. The molecule has 3 rings (SSSR count). The third-order valence-electron chi connectivity index (χ3n) is 3.77. The standard InChI is InChI=1S/C19H17Cl2N5O3/c1-3-29-26-19(27)13-10-22-16(21)7-15(13)25-14-6-4-5-12(17(14)28-2)18-23-8-11(20)9-24-18/h4-10H,3H2,1-2H3,(H,22,25)(H,26,27). The highest BCUT2D eigenvalue weighted by Crippen LogP contribution is 2.37. The highest BCUT2D eigenvalue weighted by molar-refractivity contribution is 6.30. The Hall–Kier alpha value is -2.94. The van der Waals surface area contributed by atoms with Crippen LogP contribution in [-0.4, -0.2) is 34.6 Å². The number of carbonyl (C=O) groups is 1. The first-order valence-corrected chi connectivity index (χ1v) is 9.28. The van der Waals surface area contributed by atoms with Gasteiger partial charge in [-0.3, -0.25) is 9.63 Å². The highest BCUT2D eigenvalue weighted by Gasteiger charge is 2.17. The van der Waals surface area contributed by atoms with Crippen LogP contribution in [0.15, 0.2) is 42.9 Å². The van der Waals surface area contributed by atoms with E-state index in [2.05, 4.69) is 25.7 Å². The van der Waals surface area contributed by atoms with Gasteiger partial charge >= 0.3 is 0 Å². The van der Waals surface area contributed by atoms with Gasteiger partial charge < -0.3 is 10.1 Å². The van der Waals surface area contributed by atoms with Gasteiger partial charge in [-0.15, -0.1) is 0 Å². The zero-order valence-electron chi connectivity index (χ0n) is 15.6. The average Bonchev–Trinajstić information content (AvgIpc) is 2.72. The van der Waals surface area contributed by atoms with E-state index in [0.717, 1.165) is 0 Å². The van der Waals surface area contributed by atoms with Crippen molar-refractivity contribution in [1.82, 2.24) is 20.4 Å². The topological polar surface area (TPSA) is 98.3 Å². The van der Waals surface area contributed by atoms with Gasteiger partial charge in [0.25, 0.3) is 5.91 Å². The van der Waals surface area contributed by atoms with Crippen LogP contribution in [0, 0.1) is 0 Å². The average molecular weight is 434 g/mol. The van der Waals surface area contributed by atoms with Crippen molar-refractivity contribution < 1.29 is 14.4 Å². The van der Waals surface area contributed by atoms with E-state index in [9.17, 15) is 4.79 Å². The number of anilines is 2. The van der Waals surface area contributed by atoms with E-state index in [1.165, 1.54) is 31.8 Å². The number of halogens is 2. The summed E-state index contributed by atoms with van der Waals surface area (Å²) in [6, 6.07) is 6.94. The van der Waals surface area contributed by atoms with E-state index in [-0.39, 0.29) is 10.7 Å². The van der Waals surface area contributed by atoms with Crippen molar-refractivity contribution in [3.8, 4) is 17.1 Å². The third kappa shape index (κ3) is 4.92. The SMILES string of the molecule is CCONC(=O)c1cnc(Cl)cc1Nc1cccc(-c2ncc(Cl)cn2)c1OC. The molecular weight excluding hydrogens is 417 g/mol. The monoisotopic (exact) mass is 433 g/mol. The molecule has 0 aliphatic heterocycles. The summed E-state index contributed by atoms with van der Waals surface area (Å²) >= 11 is 11.9. The number of pyridine rings is 1. The zero-order valence-corrected chi connectivity index (χ0v) is 17.1. The van der Waals surface area contributed by atoms with Gasteiger partial charge in [-0.05, 0) is 25.1 Å². The summed E-state index contributed by atoms with van der Waals surface area (Å²) in [6.07, 6.45) is 4.36. The molecule has 1 amide bonds. The summed E-state index contributed by atoms with van der Waals surface area (Å²) in [7, 11) is 1.53. The first kappa shape index (κ1) is 20.8. The Kier molecular flexibility index (Phi) is 6.82. The predicted octanol–water partition coefficient (Wildman–Crippen LogP) is 4.28.